The zero-order valence-corrected chi connectivity index (χ0v) is 5.56. The van der Waals surface area contributed by atoms with Crippen molar-refractivity contribution in [1.29, 1.82) is 0 Å². The molecule has 1 saturated carbocycles. The third kappa shape index (κ3) is 0.689. The van der Waals surface area contributed by atoms with Gasteiger partial charge in [-0.25, -0.2) is 13.8 Å². The topological polar surface area (TPSA) is 29.3 Å². The van der Waals surface area contributed by atoms with Gasteiger partial charge in [-0.15, -0.1) is 0 Å². The molecule has 0 aromatic carbocycles. The minimum Gasteiger partial charge on any atom is -0.269 e. The van der Waals surface area contributed by atoms with Crippen molar-refractivity contribution in [3.05, 3.63) is 0 Å². The van der Waals surface area contributed by atoms with Gasteiger partial charge in [-0.2, -0.15) is 0 Å². The number of hydrogen-bond acceptors (Lipinski definition) is 2. The number of hydrazine groups is 1. The Morgan fingerprint density at radius 2 is 2.20 bits per heavy atom. The van der Waals surface area contributed by atoms with Gasteiger partial charge in [-0.1, -0.05) is 0 Å². The van der Waals surface area contributed by atoms with Crippen molar-refractivity contribution in [2.45, 2.75) is 24.8 Å². The van der Waals surface area contributed by atoms with E-state index in [-0.39, 0.29) is 12.5 Å². The van der Waals surface area contributed by atoms with E-state index in [0.717, 1.165) is 0 Å². The minimum atomic E-state index is -2.43. The molecule has 0 aromatic heterocycles. The Balaban J connectivity index is 2.16. The first-order valence-corrected chi connectivity index (χ1v) is 3.49. The summed E-state index contributed by atoms with van der Waals surface area (Å²) in [6, 6.07) is -0.0556. The summed E-state index contributed by atoms with van der Waals surface area (Å²) in [7, 11) is 0. The number of hydrogen-bond donors (Lipinski definition) is 1. The summed E-state index contributed by atoms with van der Waals surface area (Å²) in [5.74, 6) is 2.54. The zero-order valence-electron chi connectivity index (χ0n) is 5.56. The number of rotatable bonds is 0. The number of piperidine rings is 1. The molecule has 1 aliphatic carbocycles. The van der Waals surface area contributed by atoms with Crippen LogP contribution in [0.5, 0.6) is 0 Å². The minimum absolute atomic E-state index is 0.0336. The largest absolute Gasteiger partial charge is 0.269 e. The fourth-order valence-electron chi connectivity index (χ4n) is 1.93. The molecule has 2 N–H and O–H groups in total. The van der Waals surface area contributed by atoms with Crippen LogP contribution in [0.2, 0.25) is 0 Å². The number of fused-ring (bicyclic) bond motifs is 2. The summed E-state index contributed by atoms with van der Waals surface area (Å²) in [5.41, 5.74) is 0. The van der Waals surface area contributed by atoms with E-state index >= 15 is 0 Å². The first-order valence-electron chi connectivity index (χ1n) is 3.49. The molecule has 1 aliphatic heterocycles. The van der Waals surface area contributed by atoms with E-state index in [4.69, 9.17) is 5.84 Å². The molecule has 2 atom stereocenters. The lowest BCUT2D eigenvalue weighted by atomic mass is 10.1. The molecule has 10 heavy (non-hydrogen) atoms. The Hall–Kier alpha value is -0.220. The molecule has 0 spiro atoms. The van der Waals surface area contributed by atoms with Gasteiger partial charge in [-0.3, -0.25) is 5.84 Å². The van der Waals surface area contributed by atoms with E-state index in [2.05, 4.69) is 0 Å². The Labute approximate surface area is 58.0 Å². The van der Waals surface area contributed by atoms with Crippen LogP contribution in [0.4, 0.5) is 8.78 Å². The van der Waals surface area contributed by atoms with Crippen molar-refractivity contribution in [3.8, 4) is 0 Å². The van der Waals surface area contributed by atoms with Crippen molar-refractivity contribution in [2.75, 3.05) is 6.54 Å². The van der Waals surface area contributed by atoms with Crippen molar-refractivity contribution in [2.24, 2.45) is 11.8 Å². The molecule has 0 amide bonds. The molecule has 58 valence electrons. The highest BCUT2D eigenvalue weighted by atomic mass is 19.3. The molecule has 2 bridgehead atoms. The molecule has 0 radical (unpaired) electrons. The van der Waals surface area contributed by atoms with Gasteiger partial charge in [0.25, 0.3) is 5.92 Å². The van der Waals surface area contributed by atoms with Crippen molar-refractivity contribution in [1.82, 2.24) is 5.01 Å². The van der Waals surface area contributed by atoms with Crippen molar-refractivity contribution < 1.29 is 8.78 Å². The van der Waals surface area contributed by atoms with Crippen molar-refractivity contribution in [3.63, 3.8) is 0 Å². The molecule has 2 rings (SSSR count). The van der Waals surface area contributed by atoms with Gasteiger partial charge in [-0.05, 0) is 6.42 Å². The average Bonchev–Trinajstić information content (AvgIpc) is 2.21. The van der Waals surface area contributed by atoms with Gasteiger partial charge in [0.15, 0.2) is 0 Å². The molecule has 2 fully saturated rings. The molecule has 1 heterocycles. The molecular formula is C6H10F2N2. The van der Waals surface area contributed by atoms with Crippen LogP contribution in [-0.2, 0) is 0 Å². The summed E-state index contributed by atoms with van der Waals surface area (Å²) in [4.78, 5) is 0. The molecule has 1 saturated heterocycles. The van der Waals surface area contributed by atoms with Gasteiger partial charge in [0.2, 0.25) is 0 Å². The lowest BCUT2D eigenvalue weighted by molar-refractivity contribution is -0.0675. The van der Waals surface area contributed by atoms with E-state index in [0.29, 0.717) is 13.0 Å². The van der Waals surface area contributed by atoms with Crippen LogP contribution in [0, 0.1) is 5.92 Å². The van der Waals surface area contributed by atoms with Gasteiger partial charge < -0.3 is 0 Å². The first kappa shape index (κ1) is 6.49. The lowest BCUT2D eigenvalue weighted by Gasteiger charge is -2.27. The van der Waals surface area contributed by atoms with Crippen LogP contribution >= 0.6 is 0 Å². The Morgan fingerprint density at radius 1 is 1.50 bits per heavy atom. The molecule has 2 nitrogen and oxygen atoms in total. The maximum absolute atomic E-state index is 12.7. The molecule has 2 unspecified atom stereocenters. The summed E-state index contributed by atoms with van der Waals surface area (Å²) in [5, 5.41) is 1.54. The number of alkyl halides is 2. The monoisotopic (exact) mass is 148 g/mol. The van der Waals surface area contributed by atoms with Crippen LogP contribution in [0.3, 0.4) is 0 Å². The van der Waals surface area contributed by atoms with Crippen LogP contribution in [0.15, 0.2) is 0 Å². The van der Waals surface area contributed by atoms with E-state index in [1.807, 2.05) is 0 Å². The van der Waals surface area contributed by atoms with E-state index in [9.17, 15) is 8.78 Å². The maximum Gasteiger partial charge on any atom is 0.253 e. The summed E-state index contributed by atoms with van der Waals surface area (Å²) < 4.78 is 25.5. The number of halogens is 2. The SMILES string of the molecule is NN1CC2CC1CC2(F)F. The predicted octanol–water partition coefficient (Wildman–Crippen LogP) is 0.590. The summed E-state index contributed by atoms with van der Waals surface area (Å²) >= 11 is 0. The standard InChI is InChI=1S/C6H10F2N2/c7-6(8)2-5-1-4(6)3-10(5)9/h4-5H,1-3,9H2. The highest BCUT2D eigenvalue weighted by molar-refractivity contribution is 5.00. The molecule has 2 aliphatic rings. The second-order valence-corrected chi connectivity index (χ2v) is 3.25. The highest BCUT2D eigenvalue weighted by Crippen LogP contribution is 2.46. The Bertz CT molecular complexity index is 158. The van der Waals surface area contributed by atoms with Gasteiger partial charge in [0, 0.05) is 24.9 Å². The third-order valence-corrected chi connectivity index (χ3v) is 2.56. The second kappa shape index (κ2) is 1.68. The van der Waals surface area contributed by atoms with Crippen LogP contribution < -0.4 is 5.84 Å². The van der Waals surface area contributed by atoms with Gasteiger partial charge in [0.1, 0.15) is 0 Å². The fourth-order valence-corrected chi connectivity index (χ4v) is 1.93. The third-order valence-electron chi connectivity index (χ3n) is 2.56. The lowest BCUT2D eigenvalue weighted by Crippen LogP contribution is -2.44. The summed E-state index contributed by atoms with van der Waals surface area (Å²) in [6.45, 7) is 0.373. The van der Waals surface area contributed by atoms with E-state index in [1.54, 1.807) is 5.01 Å². The van der Waals surface area contributed by atoms with Crippen LogP contribution in [0.1, 0.15) is 12.8 Å². The molecular weight excluding hydrogens is 138 g/mol. The molecule has 0 aromatic rings. The van der Waals surface area contributed by atoms with Crippen molar-refractivity contribution >= 4 is 0 Å². The molecule has 4 heteroatoms. The fraction of sp³-hybridized carbons (Fsp3) is 1.00. The van der Waals surface area contributed by atoms with Gasteiger partial charge in [0.05, 0.1) is 0 Å². The maximum atomic E-state index is 12.7. The average molecular weight is 148 g/mol. The summed E-state index contributed by atoms with van der Waals surface area (Å²) in [6.07, 6.45) is 0.553. The Morgan fingerprint density at radius 3 is 2.50 bits per heavy atom. The highest BCUT2D eigenvalue weighted by Gasteiger charge is 2.55. The van der Waals surface area contributed by atoms with Crippen LogP contribution in [-0.4, -0.2) is 23.5 Å². The smallest absolute Gasteiger partial charge is 0.253 e. The van der Waals surface area contributed by atoms with Gasteiger partial charge >= 0.3 is 0 Å². The second-order valence-electron chi connectivity index (χ2n) is 3.25. The first-order chi connectivity index (χ1) is 4.59. The normalized spacial score (nSPS) is 44.7. The number of nitrogens with two attached hydrogens (primary N) is 1. The zero-order chi connectivity index (χ0) is 7.35. The quantitative estimate of drug-likeness (QED) is 0.509. The van der Waals surface area contributed by atoms with Crippen LogP contribution in [0.25, 0.3) is 0 Å². The van der Waals surface area contributed by atoms with E-state index in [1.165, 1.54) is 0 Å². The predicted molar refractivity (Wildman–Crippen MR) is 32.4 cm³/mol. The number of nitrogens with zero attached hydrogens (tertiary/aromatic N) is 1. The Kier molecular flexibility index (Phi) is 1.09. The van der Waals surface area contributed by atoms with E-state index < -0.39 is 11.8 Å².